The van der Waals surface area contributed by atoms with Gasteiger partial charge in [0.15, 0.2) is 0 Å². The average Bonchev–Trinajstić information content (AvgIpc) is 2.20. The summed E-state index contributed by atoms with van der Waals surface area (Å²) >= 11 is 0. The predicted molar refractivity (Wildman–Crippen MR) is 68.8 cm³/mol. The van der Waals surface area contributed by atoms with Crippen LogP contribution in [0, 0.1) is 11.3 Å². The number of ether oxygens (including phenoxy) is 2. The standard InChI is InChI=1S/C13H29NO2/c1-10(8-9-15-6)11(14-5)12(16-7)13(2,3)4/h10-12,14H,8-9H2,1-7H3. The van der Waals surface area contributed by atoms with Crippen LogP contribution < -0.4 is 5.32 Å². The first kappa shape index (κ1) is 15.9. The molecule has 0 aromatic rings. The molecule has 0 fully saturated rings. The van der Waals surface area contributed by atoms with Crippen LogP contribution in [0.5, 0.6) is 0 Å². The van der Waals surface area contributed by atoms with Gasteiger partial charge in [0.25, 0.3) is 0 Å². The van der Waals surface area contributed by atoms with E-state index in [-0.39, 0.29) is 11.5 Å². The van der Waals surface area contributed by atoms with E-state index in [4.69, 9.17) is 9.47 Å². The maximum atomic E-state index is 5.67. The lowest BCUT2D eigenvalue weighted by atomic mass is 9.79. The first-order valence-electron chi connectivity index (χ1n) is 6.07. The molecule has 1 N–H and O–H groups in total. The molecule has 0 aliphatic carbocycles. The Bertz CT molecular complexity index is 177. The van der Waals surface area contributed by atoms with E-state index < -0.39 is 0 Å². The Balaban J connectivity index is 4.54. The van der Waals surface area contributed by atoms with Crippen molar-refractivity contribution in [2.75, 3.05) is 27.9 Å². The van der Waals surface area contributed by atoms with Crippen LogP contribution in [0.25, 0.3) is 0 Å². The lowest BCUT2D eigenvalue weighted by Crippen LogP contribution is -2.50. The van der Waals surface area contributed by atoms with E-state index in [2.05, 4.69) is 33.0 Å². The Hall–Kier alpha value is -0.120. The summed E-state index contributed by atoms with van der Waals surface area (Å²) in [4.78, 5) is 0. The molecule has 3 nitrogen and oxygen atoms in total. The van der Waals surface area contributed by atoms with Crippen molar-refractivity contribution in [1.29, 1.82) is 0 Å². The second kappa shape index (κ2) is 7.25. The number of nitrogens with one attached hydrogen (secondary N) is 1. The van der Waals surface area contributed by atoms with Crippen LogP contribution in [0.1, 0.15) is 34.1 Å². The number of hydrogen-bond donors (Lipinski definition) is 1. The third-order valence-electron chi connectivity index (χ3n) is 3.16. The highest BCUT2D eigenvalue weighted by Crippen LogP contribution is 2.28. The van der Waals surface area contributed by atoms with Gasteiger partial charge in [-0.25, -0.2) is 0 Å². The SMILES string of the molecule is CNC(C(C)CCOC)C(OC)C(C)(C)C. The Morgan fingerprint density at radius 2 is 1.75 bits per heavy atom. The molecule has 0 bridgehead atoms. The molecule has 3 unspecified atom stereocenters. The summed E-state index contributed by atoms with van der Waals surface area (Å²) in [6, 6.07) is 0.361. The average molecular weight is 231 g/mol. The van der Waals surface area contributed by atoms with Crippen molar-refractivity contribution in [3.63, 3.8) is 0 Å². The Morgan fingerprint density at radius 1 is 1.19 bits per heavy atom. The van der Waals surface area contributed by atoms with Crippen molar-refractivity contribution < 1.29 is 9.47 Å². The number of rotatable bonds is 7. The summed E-state index contributed by atoms with van der Waals surface area (Å²) in [6.07, 6.45) is 1.27. The highest BCUT2D eigenvalue weighted by molar-refractivity contribution is 4.88. The molecule has 0 radical (unpaired) electrons. The zero-order valence-corrected chi connectivity index (χ0v) is 12.0. The lowest BCUT2D eigenvalue weighted by Gasteiger charge is -2.38. The van der Waals surface area contributed by atoms with E-state index in [9.17, 15) is 0 Å². The highest BCUT2D eigenvalue weighted by Gasteiger charge is 2.34. The molecule has 98 valence electrons. The summed E-state index contributed by atoms with van der Waals surface area (Å²) in [5.41, 5.74) is 0.143. The van der Waals surface area contributed by atoms with Crippen LogP contribution in [0.4, 0.5) is 0 Å². The molecule has 0 saturated carbocycles. The van der Waals surface area contributed by atoms with Gasteiger partial charge in [0, 0.05) is 26.9 Å². The Labute approximate surface area is 101 Å². The molecule has 0 spiro atoms. The minimum Gasteiger partial charge on any atom is -0.385 e. The van der Waals surface area contributed by atoms with Crippen LogP contribution in [0.2, 0.25) is 0 Å². The monoisotopic (exact) mass is 231 g/mol. The number of hydrogen-bond acceptors (Lipinski definition) is 3. The quantitative estimate of drug-likeness (QED) is 0.729. The van der Waals surface area contributed by atoms with Crippen LogP contribution in [0.3, 0.4) is 0 Å². The zero-order chi connectivity index (χ0) is 12.8. The maximum absolute atomic E-state index is 5.67. The second-order valence-corrected chi connectivity index (χ2v) is 5.60. The van der Waals surface area contributed by atoms with Gasteiger partial charge in [0.05, 0.1) is 6.10 Å². The third-order valence-corrected chi connectivity index (χ3v) is 3.16. The molecular formula is C13H29NO2. The van der Waals surface area contributed by atoms with Crippen molar-refractivity contribution in [3.05, 3.63) is 0 Å². The number of likely N-dealkylation sites (N-methyl/N-ethyl adjacent to an activating group) is 1. The van der Waals surface area contributed by atoms with Crippen LogP contribution in [0.15, 0.2) is 0 Å². The van der Waals surface area contributed by atoms with Gasteiger partial charge in [-0.05, 0) is 24.8 Å². The summed E-state index contributed by atoms with van der Waals surface area (Å²) in [7, 11) is 5.55. The normalized spacial score (nSPS) is 18.2. The molecule has 3 atom stereocenters. The van der Waals surface area contributed by atoms with Gasteiger partial charge >= 0.3 is 0 Å². The molecule has 0 amide bonds. The molecule has 0 saturated heterocycles. The molecule has 0 aromatic carbocycles. The summed E-state index contributed by atoms with van der Waals surface area (Å²) < 4.78 is 10.8. The minimum absolute atomic E-state index is 0.143. The van der Waals surface area contributed by atoms with E-state index in [0.29, 0.717) is 12.0 Å². The summed E-state index contributed by atoms with van der Waals surface area (Å²) in [5, 5.41) is 3.39. The van der Waals surface area contributed by atoms with E-state index in [1.807, 2.05) is 7.05 Å². The Morgan fingerprint density at radius 3 is 2.06 bits per heavy atom. The van der Waals surface area contributed by atoms with E-state index >= 15 is 0 Å². The van der Waals surface area contributed by atoms with E-state index in [1.165, 1.54) is 0 Å². The van der Waals surface area contributed by atoms with Crippen LogP contribution in [-0.2, 0) is 9.47 Å². The maximum Gasteiger partial charge on any atom is 0.0774 e. The van der Waals surface area contributed by atoms with Gasteiger partial charge in [-0.1, -0.05) is 27.7 Å². The number of methoxy groups -OCH3 is 2. The lowest BCUT2D eigenvalue weighted by molar-refractivity contribution is -0.0256. The van der Waals surface area contributed by atoms with Gasteiger partial charge in [0.2, 0.25) is 0 Å². The van der Waals surface area contributed by atoms with Crippen molar-refractivity contribution >= 4 is 0 Å². The van der Waals surface area contributed by atoms with Crippen LogP contribution in [-0.4, -0.2) is 40.0 Å². The predicted octanol–water partition coefficient (Wildman–Crippen LogP) is 2.31. The van der Waals surface area contributed by atoms with Crippen molar-refractivity contribution in [2.45, 2.75) is 46.3 Å². The van der Waals surface area contributed by atoms with Gasteiger partial charge in [-0.2, -0.15) is 0 Å². The smallest absolute Gasteiger partial charge is 0.0774 e. The summed E-state index contributed by atoms with van der Waals surface area (Å²) in [6.45, 7) is 9.70. The minimum atomic E-state index is 0.143. The molecule has 0 aliphatic heterocycles. The zero-order valence-electron chi connectivity index (χ0n) is 12.0. The molecular weight excluding hydrogens is 202 g/mol. The van der Waals surface area contributed by atoms with Crippen molar-refractivity contribution in [1.82, 2.24) is 5.32 Å². The van der Waals surface area contributed by atoms with Gasteiger partial charge < -0.3 is 14.8 Å². The molecule has 3 heteroatoms. The van der Waals surface area contributed by atoms with Crippen molar-refractivity contribution in [3.8, 4) is 0 Å². The van der Waals surface area contributed by atoms with Gasteiger partial charge in [-0.15, -0.1) is 0 Å². The first-order valence-corrected chi connectivity index (χ1v) is 6.07. The molecule has 0 heterocycles. The van der Waals surface area contributed by atoms with E-state index in [0.717, 1.165) is 13.0 Å². The van der Waals surface area contributed by atoms with E-state index in [1.54, 1.807) is 14.2 Å². The Kier molecular flexibility index (Phi) is 7.20. The fourth-order valence-corrected chi connectivity index (χ4v) is 2.26. The largest absolute Gasteiger partial charge is 0.385 e. The van der Waals surface area contributed by atoms with Gasteiger partial charge in [-0.3, -0.25) is 0 Å². The summed E-state index contributed by atoms with van der Waals surface area (Å²) in [5.74, 6) is 0.536. The topological polar surface area (TPSA) is 30.5 Å². The first-order chi connectivity index (χ1) is 7.38. The fraction of sp³-hybridized carbons (Fsp3) is 1.00. The second-order valence-electron chi connectivity index (χ2n) is 5.60. The highest BCUT2D eigenvalue weighted by atomic mass is 16.5. The molecule has 16 heavy (non-hydrogen) atoms. The molecule has 0 aliphatic rings. The molecule has 0 rings (SSSR count). The van der Waals surface area contributed by atoms with Crippen molar-refractivity contribution in [2.24, 2.45) is 11.3 Å². The third kappa shape index (κ3) is 4.81. The van der Waals surface area contributed by atoms with Crippen LogP contribution >= 0.6 is 0 Å². The van der Waals surface area contributed by atoms with Gasteiger partial charge in [0.1, 0.15) is 0 Å². The molecule has 0 aromatic heterocycles. The fourth-order valence-electron chi connectivity index (χ4n) is 2.26.